The van der Waals surface area contributed by atoms with Gasteiger partial charge < -0.3 is 38.6 Å². The Hall–Kier alpha value is -10.5. The molecule has 23 nitrogen and oxygen atoms in total. The van der Waals surface area contributed by atoms with E-state index < -0.39 is 55.1 Å². The maximum Gasteiger partial charge on any atom is 1.00 e. The molecule has 4 N–H and O–H groups in total. The summed E-state index contributed by atoms with van der Waals surface area (Å²) in [6.45, 7) is 11.8. The van der Waals surface area contributed by atoms with Gasteiger partial charge in [-0.05, 0) is 33.4 Å². The summed E-state index contributed by atoms with van der Waals surface area (Å²) < 4.78 is 34.1. The topological polar surface area (TPSA) is 284 Å². The number of aliphatic imine (C=N–C) groups is 3. The number of aliphatic hydroxyl groups excluding tert-OH is 1. The summed E-state index contributed by atoms with van der Waals surface area (Å²) in [5.74, 6) is -0.542. The van der Waals surface area contributed by atoms with Crippen LogP contribution in [0.25, 0.3) is 0 Å². The predicted molar refractivity (Wildman–Crippen MR) is 439 cm³/mol. The Morgan fingerprint density at radius 1 is 0.362 bits per heavy atom. The fourth-order valence-corrected chi connectivity index (χ4v) is 14.3. The number of fused-ring (bicyclic) bond motifs is 3. The van der Waals surface area contributed by atoms with Crippen molar-refractivity contribution < 1.29 is 97.0 Å². The molecule has 9 aromatic rings. The number of aliphatic hydroxyl groups is 1. The summed E-state index contributed by atoms with van der Waals surface area (Å²) in [5, 5.41) is 23.5. The fourth-order valence-electron chi connectivity index (χ4n) is 14.3. The third-order valence-electron chi connectivity index (χ3n) is 20.2. The van der Waals surface area contributed by atoms with Crippen LogP contribution in [0.5, 0.6) is 0 Å². The maximum atomic E-state index is 13.2. The van der Waals surface area contributed by atoms with Crippen molar-refractivity contribution in [3.05, 3.63) is 322 Å². The Labute approximate surface area is 700 Å². The average molecular weight is 1580 g/mol. The van der Waals surface area contributed by atoms with E-state index in [1.807, 2.05) is 255 Å². The molecule has 3 amide bonds. The number of rotatable bonds is 21. The molecule has 9 aromatic carbocycles. The van der Waals surface area contributed by atoms with Gasteiger partial charge in [0.25, 0.3) is 0 Å². The number of alkyl carbamates (subject to hydrolysis) is 3. The summed E-state index contributed by atoms with van der Waals surface area (Å²) in [5.41, 5.74) is 12.8. The van der Waals surface area contributed by atoms with Crippen LogP contribution in [0, 0.1) is 0 Å². The molecule has 0 spiro atoms. The van der Waals surface area contributed by atoms with E-state index in [4.69, 9.17) is 53.6 Å². The van der Waals surface area contributed by atoms with Crippen LogP contribution >= 0.6 is 0 Å². The maximum absolute atomic E-state index is 13.2. The van der Waals surface area contributed by atoms with Crippen molar-refractivity contribution in [2.24, 2.45) is 15.0 Å². The van der Waals surface area contributed by atoms with E-state index in [2.05, 4.69) is 30.7 Å². The Morgan fingerprint density at radius 3 is 0.819 bits per heavy atom. The van der Waals surface area contributed by atoms with E-state index in [1.54, 1.807) is 0 Å². The number of ether oxygens (including phenoxy) is 6. The van der Waals surface area contributed by atoms with Crippen molar-refractivity contribution in [2.45, 2.75) is 75.3 Å². The number of benzene rings is 9. The zero-order valence-corrected chi connectivity index (χ0v) is 68.0. The Morgan fingerprint density at radius 2 is 0.578 bits per heavy atom. The number of amides is 3. The van der Waals surface area contributed by atoms with Crippen molar-refractivity contribution >= 4 is 52.8 Å². The molecule has 598 valence electrons. The molecule has 116 heavy (non-hydrogen) atoms. The van der Waals surface area contributed by atoms with E-state index in [0.717, 1.165) is 140 Å². The van der Waals surface area contributed by atoms with Crippen molar-refractivity contribution in [3.63, 3.8) is 0 Å². The monoisotopic (exact) mass is 1580 g/mol. The minimum Gasteiger partial charge on any atom is -0.857 e. The molecular weight excluding hydrogens is 1480 g/mol. The molecule has 0 unspecified atom stereocenters. The van der Waals surface area contributed by atoms with Gasteiger partial charge in [-0.2, -0.15) is 7.11 Å². The first kappa shape index (κ1) is 87.9. The number of nitrogens with one attached hydrogen (secondary N) is 3. The largest absolute Gasteiger partial charge is 1.00 e. The summed E-state index contributed by atoms with van der Waals surface area (Å²) in [4.78, 5) is 100. The Bertz CT molecular complexity index is 4200. The second-order valence-corrected chi connectivity index (χ2v) is 27.7. The standard InChI is InChI=1S/3C30H31N3O4.CH4O.CH3O.Na/c3*34-26-21-24-13-7-8-14-25(24)28(23-11-5-2-6-12-23)31-29(26)32-30(35)37-27(22-9-3-1-4-10-22)15-16-33-17-19-36-20-18-33;2*1-2;/h3*1-14,27,29H,15-21H2,(H,32,35);2H,1H3;1H3;/q;;;;-1;+1/t2*27-,29+;27-,29-;;;/m111.../s1. The van der Waals surface area contributed by atoms with Gasteiger partial charge in [-0.3, -0.25) is 60.0 Å². The summed E-state index contributed by atoms with van der Waals surface area (Å²) in [6, 6.07) is 81.5. The molecule has 0 aliphatic carbocycles. The zero-order valence-electron chi connectivity index (χ0n) is 66.0. The first-order chi connectivity index (χ1) is 56.5. The van der Waals surface area contributed by atoms with Gasteiger partial charge in [-0.1, -0.05) is 255 Å². The molecule has 6 atom stereocenters. The number of hydrogen-bond donors (Lipinski definition) is 4. The molecule has 24 heteroatoms. The normalized spacial score (nSPS) is 18.1. The number of Topliss-reactive ketones (excluding diaryl/α,β-unsaturated/α-hetero) is 3. The minimum absolute atomic E-state index is 0. The van der Waals surface area contributed by atoms with Gasteiger partial charge in [-0.25, -0.2) is 14.4 Å². The molecule has 3 saturated heterocycles. The third kappa shape index (κ3) is 25.7. The van der Waals surface area contributed by atoms with E-state index in [9.17, 15) is 28.8 Å². The molecule has 15 rings (SSSR count). The minimum atomic E-state index is -1.04. The number of morpholine rings is 3. The Kier molecular flexibility index (Phi) is 35.5. The van der Waals surface area contributed by atoms with E-state index in [-0.39, 0.29) is 66.2 Å². The second kappa shape index (κ2) is 46.9. The zero-order chi connectivity index (χ0) is 80.4. The number of hydrogen-bond acceptors (Lipinski definition) is 20. The first-order valence-corrected chi connectivity index (χ1v) is 39.1. The van der Waals surface area contributed by atoms with Gasteiger partial charge in [0.15, 0.2) is 35.8 Å². The van der Waals surface area contributed by atoms with Crippen molar-refractivity contribution in [1.29, 1.82) is 0 Å². The van der Waals surface area contributed by atoms with Crippen LogP contribution in [-0.4, -0.2) is 204 Å². The molecule has 6 aliphatic rings. The number of nitrogens with zero attached hydrogens (tertiary/aromatic N) is 6. The predicted octanol–water partition coefficient (Wildman–Crippen LogP) is 8.08. The van der Waals surface area contributed by atoms with Crippen molar-refractivity contribution in [3.8, 4) is 0 Å². The number of carbonyl (C=O) groups excluding carboxylic acids is 6. The van der Waals surface area contributed by atoms with Crippen LogP contribution in [-0.2, 0) is 62.1 Å². The summed E-state index contributed by atoms with van der Waals surface area (Å²) in [6.07, 6.45) is -3.95. The molecule has 3 fully saturated rings. The third-order valence-corrected chi connectivity index (χ3v) is 20.2. The smallest absolute Gasteiger partial charge is 0.857 e. The first-order valence-electron chi connectivity index (χ1n) is 39.1. The Balaban J connectivity index is 0.000000179. The molecule has 0 aromatic heterocycles. The summed E-state index contributed by atoms with van der Waals surface area (Å²) in [7, 11) is 1.75. The number of ketones is 3. The molecule has 0 saturated carbocycles. The van der Waals surface area contributed by atoms with Crippen molar-refractivity contribution in [2.75, 3.05) is 113 Å². The van der Waals surface area contributed by atoms with E-state index >= 15 is 0 Å². The van der Waals surface area contributed by atoms with Crippen LogP contribution in [0.4, 0.5) is 14.4 Å². The number of carbonyl (C=O) groups is 6. The van der Waals surface area contributed by atoms with Crippen LogP contribution in [0.2, 0.25) is 0 Å². The fraction of sp³-hybridized carbons (Fsp3) is 0.315. The molecule has 6 aliphatic heterocycles. The molecular formula is C92H100N9NaO14. The van der Waals surface area contributed by atoms with Crippen LogP contribution in [0.1, 0.15) is 104 Å². The van der Waals surface area contributed by atoms with E-state index in [0.29, 0.717) is 76.0 Å². The van der Waals surface area contributed by atoms with E-state index in [1.165, 1.54) is 0 Å². The second-order valence-electron chi connectivity index (χ2n) is 27.7. The SMILES string of the molecule is CO.C[O-].O=C(N[C@@H]1N=C(c2ccccc2)c2ccccc2CC1=O)O[C@H](CCN1CCOCC1)c1ccccc1.O=C(N[C@@H]1N=C(c2ccccc2)c2ccccc2CC1=O)O[C@H](CCN1CCOCC1)c1ccccc1.O=C(N[C@H]1N=C(c2ccccc2)c2ccccc2CC1=O)O[C@H](CCN1CCOCC1)c1ccccc1.[Na+]. The van der Waals surface area contributed by atoms with Gasteiger partial charge in [-0.15, -0.1) is 0 Å². The van der Waals surface area contributed by atoms with Crippen LogP contribution in [0.3, 0.4) is 0 Å². The van der Waals surface area contributed by atoms with Gasteiger partial charge in [0.05, 0.1) is 56.8 Å². The van der Waals surface area contributed by atoms with Gasteiger partial charge in [0.2, 0.25) is 0 Å². The quantitative estimate of drug-likeness (QED) is 0.0390. The summed E-state index contributed by atoms with van der Waals surface area (Å²) >= 11 is 0. The van der Waals surface area contributed by atoms with Gasteiger partial charge in [0.1, 0.15) is 18.3 Å². The van der Waals surface area contributed by atoms with Gasteiger partial charge >= 0.3 is 47.8 Å². The van der Waals surface area contributed by atoms with Crippen LogP contribution in [0.15, 0.2) is 270 Å². The molecule has 0 radical (unpaired) electrons. The van der Waals surface area contributed by atoms with Crippen LogP contribution < -0.4 is 50.6 Å². The average Bonchev–Trinajstić information content (AvgIpc) is 1.66. The molecule has 6 heterocycles. The van der Waals surface area contributed by atoms with Gasteiger partial charge in [0, 0.05) is 138 Å². The molecule has 0 bridgehead atoms. The van der Waals surface area contributed by atoms with Crippen molar-refractivity contribution in [1.82, 2.24) is 30.7 Å².